The Morgan fingerprint density at radius 3 is 2.63 bits per heavy atom. The Bertz CT molecular complexity index is 1710. The molecule has 1 aromatic heterocycles. The molecule has 2 aromatic carbocycles. The van der Waals surface area contributed by atoms with Gasteiger partial charge in [-0.3, -0.25) is 5.43 Å². The van der Waals surface area contributed by atoms with Crippen LogP contribution < -0.4 is 31.8 Å². The fourth-order valence-corrected chi connectivity index (χ4v) is 6.12. The highest BCUT2D eigenvalue weighted by atomic mass is 19.1. The molecule has 1 aliphatic carbocycles. The molecule has 0 atom stereocenters. The average Bonchev–Trinajstić information content (AvgIpc) is 3.60. The number of benzene rings is 2. The molecule has 41 heavy (non-hydrogen) atoms. The molecule has 4 aliphatic rings. The molecule has 3 aliphatic heterocycles. The molecular weight excluding hydrogens is 524 g/mol. The van der Waals surface area contributed by atoms with Gasteiger partial charge in [0, 0.05) is 35.6 Å². The average molecular weight is 556 g/mol. The number of piperidine rings is 1. The lowest BCUT2D eigenvalue weighted by Gasteiger charge is -2.37. The summed E-state index contributed by atoms with van der Waals surface area (Å²) in [6, 6.07) is 10.3. The number of hydrazone groups is 1. The molecule has 2 saturated heterocycles. The molecule has 210 valence electrons. The van der Waals surface area contributed by atoms with Gasteiger partial charge in [0.2, 0.25) is 11.9 Å². The van der Waals surface area contributed by atoms with Gasteiger partial charge in [0.05, 0.1) is 11.4 Å². The zero-order valence-corrected chi connectivity index (χ0v) is 22.5. The highest BCUT2D eigenvalue weighted by molar-refractivity contribution is 6.01. The maximum atomic E-state index is 15.2. The number of hydrogen-bond donors (Lipinski definition) is 3. The van der Waals surface area contributed by atoms with E-state index in [9.17, 15) is 4.39 Å². The lowest BCUT2D eigenvalue weighted by Crippen LogP contribution is -2.44. The summed E-state index contributed by atoms with van der Waals surface area (Å²) in [6.45, 7) is 4.10. The Morgan fingerprint density at radius 1 is 1.00 bits per heavy atom. The summed E-state index contributed by atoms with van der Waals surface area (Å²) in [6.07, 6.45) is 12.2. The molecule has 0 bridgehead atoms. The summed E-state index contributed by atoms with van der Waals surface area (Å²) in [5, 5.41) is 13.5. The Kier molecular flexibility index (Phi) is 6.50. The highest BCUT2D eigenvalue weighted by Gasteiger charge is 2.27. The number of nitrogen functional groups attached to an aromatic ring is 1. The molecule has 0 unspecified atom stereocenters. The number of fused-ring (bicyclic) bond motifs is 2. The van der Waals surface area contributed by atoms with Gasteiger partial charge in [0.25, 0.3) is 0 Å². The van der Waals surface area contributed by atoms with Crippen LogP contribution >= 0.6 is 0 Å². The number of allylic oxidation sites excluding steroid dienone is 2. The molecule has 4 N–H and O–H groups in total. The van der Waals surface area contributed by atoms with Gasteiger partial charge in [0.1, 0.15) is 11.6 Å². The minimum absolute atomic E-state index is 0.113. The van der Waals surface area contributed by atoms with E-state index in [1.807, 2.05) is 24.3 Å². The molecule has 3 aromatic rings. The number of nitrogens with zero attached hydrogens (tertiary/aromatic N) is 6. The molecule has 9 nitrogen and oxygen atoms in total. The topological polar surface area (TPSA) is 99.6 Å². The quantitative estimate of drug-likeness (QED) is 0.455. The number of rotatable bonds is 4. The highest BCUT2D eigenvalue weighted by Crippen LogP contribution is 2.29. The minimum atomic E-state index is -0.328. The van der Waals surface area contributed by atoms with Crippen molar-refractivity contribution < 1.29 is 8.78 Å². The molecule has 0 radical (unpaired) electrons. The van der Waals surface area contributed by atoms with Crippen LogP contribution in [-0.2, 0) is 0 Å². The van der Waals surface area contributed by atoms with Crippen molar-refractivity contribution in [3.8, 4) is 0 Å². The normalized spacial score (nSPS) is 19.1. The van der Waals surface area contributed by atoms with Gasteiger partial charge in [-0.25, -0.2) is 8.78 Å². The Morgan fingerprint density at radius 2 is 1.83 bits per heavy atom. The van der Waals surface area contributed by atoms with E-state index in [4.69, 9.17) is 5.73 Å². The van der Waals surface area contributed by atoms with Gasteiger partial charge < -0.3 is 20.9 Å². The first-order chi connectivity index (χ1) is 20.0. The third kappa shape index (κ3) is 4.97. The maximum Gasteiger partial charge on any atom is 0.248 e. The lowest BCUT2D eigenvalue weighted by molar-refractivity contribution is 0.207. The number of anilines is 4. The van der Waals surface area contributed by atoms with E-state index in [1.165, 1.54) is 48.8 Å². The predicted molar refractivity (Wildman–Crippen MR) is 157 cm³/mol. The van der Waals surface area contributed by atoms with Crippen molar-refractivity contribution in [2.75, 3.05) is 42.1 Å². The first-order valence-corrected chi connectivity index (χ1v) is 14.0. The van der Waals surface area contributed by atoms with Crippen molar-refractivity contribution in [1.82, 2.24) is 25.1 Å². The third-order valence-corrected chi connectivity index (χ3v) is 8.21. The monoisotopic (exact) mass is 555 g/mol. The van der Waals surface area contributed by atoms with Crippen LogP contribution in [-0.4, -0.2) is 57.7 Å². The van der Waals surface area contributed by atoms with Crippen molar-refractivity contribution in [3.05, 3.63) is 82.3 Å². The molecule has 4 heterocycles. The molecule has 0 amide bonds. The molecule has 0 saturated carbocycles. The summed E-state index contributed by atoms with van der Waals surface area (Å²) in [4.78, 5) is 9.03. The molecule has 2 fully saturated rings. The second-order valence-electron chi connectivity index (χ2n) is 10.8. The van der Waals surface area contributed by atoms with E-state index in [0.717, 1.165) is 36.7 Å². The van der Waals surface area contributed by atoms with Gasteiger partial charge in [-0.2, -0.15) is 14.8 Å². The Labute approximate surface area is 236 Å². The van der Waals surface area contributed by atoms with Gasteiger partial charge in [-0.1, -0.05) is 24.3 Å². The standard InChI is InChI=1S/C30H31F2N9/c31-21-7-6-19-4-3-5-20-16-27(36-37-28(20)24(19)17-21)41-29(33)35-30(38-41)34-22-8-9-26(25(32)18-22)40-14-10-23(11-15-40)39-12-1-2-13-39/h3-9,16-18,23,37H,1-2,10-15H2,(H3,33,34,35,38). The molecule has 7 rings (SSSR count). The van der Waals surface area contributed by atoms with Gasteiger partial charge >= 0.3 is 0 Å². The molecule has 11 heteroatoms. The van der Waals surface area contributed by atoms with Crippen LogP contribution in [0.15, 0.2) is 65.3 Å². The summed E-state index contributed by atoms with van der Waals surface area (Å²) < 4.78 is 30.6. The number of nitrogens with two attached hydrogens (primary N) is 1. The summed E-state index contributed by atoms with van der Waals surface area (Å²) in [5.74, 6) is 0.121. The van der Waals surface area contributed by atoms with Crippen molar-refractivity contribution in [3.63, 3.8) is 0 Å². The largest absolute Gasteiger partial charge is 0.369 e. The summed E-state index contributed by atoms with van der Waals surface area (Å²) in [5.41, 5.74) is 11.8. The number of nitrogens with one attached hydrogen (secondary N) is 2. The van der Waals surface area contributed by atoms with Gasteiger partial charge in [0.15, 0.2) is 5.84 Å². The van der Waals surface area contributed by atoms with Crippen LogP contribution in [0.2, 0.25) is 0 Å². The second-order valence-corrected chi connectivity index (χ2v) is 10.8. The first kappa shape index (κ1) is 25.5. The van der Waals surface area contributed by atoms with Crippen LogP contribution in [0.25, 0.3) is 11.8 Å². The molecule has 0 spiro atoms. The van der Waals surface area contributed by atoms with E-state index >= 15 is 4.39 Å². The van der Waals surface area contributed by atoms with Crippen LogP contribution in [0, 0.1) is 11.6 Å². The van der Waals surface area contributed by atoms with Crippen molar-refractivity contribution in [2.45, 2.75) is 31.7 Å². The minimum Gasteiger partial charge on any atom is -0.369 e. The van der Waals surface area contributed by atoms with Gasteiger partial charge in [-0.15, -0.1) is 5.10 Å². The summed E-state index contributed by atoms with van der Waals surface area (Å²) >= 11 is 0. The fourth-order valence-electron chi connectivity index (χ4n) is 6.12. The van der Waals surface area contributed by atoms with E-state index in [0.29, 0.717) is 34.2 Å². The van der Waals surface area contributed by atoms with Crippen molar-refractivity contribution in [2.24, 2.45) is 5.10 Å². The molecular formula is C30H31F2N9. The lowest BCUT2D eigenvalue weighted by atomic mass is 10.0. The van der Waals surface area contributed by atoms with E-state index in [-0.39, 0.29) is 23.5 Å². The van der Waals surface area contributed by atoms with E-state index < -0.39 is 0 Å². The van der Waals surface area contributed by atoms with E-state index in [1.54, 1.807) is 18.2 Å². The van der Waals surface area contributed by atoms with Crippen molar-refractivity contribution >= 4 is 40.9 Å². The number of likely N-dealkylation sites (tertiary alicyclic amines) is 1. The Balaban J connectivity index is 1.06. The third-order valence-electron chi connectivity index (χ3n) is 8.21. The second kappa shape index (κ2) is 10.5. The maximum absolute atomic E-state index is 15.2. The van der Waals surface area contributed by atoms with Crippen LogP contribution in [0.3, 0.4) is 0 Å². The number of hydrogen-bond acceptors (Lipinski definition) is 8. The zero-order valence-electron chi connectivity index (χ0n) is 22.5. The number of halogens is 2. The number of aromatic nitrogens is 3. The Hall–Kier alpha value is -4.51. The van der Waals surface area contributed by atoms with Gasteiger partial charge in [-0.05, 0) is 80.4 Å². The van der Waals surface area contributed by atoms with Crippen LogP contribution in [0.4, 0.5) is 32.1 Å². The van der Waals surface area contributed by atoms with Crippen molar-refractivity contribution in [1.29, 1.82) is 0 Å². The van der Waals surface area contributed by atoms with Crippen LogP contribution in [0.5, 0.6) is 0 Å². The smallest absolute Gasteiger partial charge is 0.248 e. The zero-order chi connectivity index (χ0) is 27.9. The van der Waals surface area contributed by atoms with Crippen LogP contribution in [0.1, 0.15) is 25.7 Å². The fraction of sp³-hybridized carbons (Fsp3) is 0.300. The predicted octanol–water partition coefficient (Wildman–Crippen LogP) is 2.80. The summed E-state index contributed by atoms with van der Waals surface area (Å²) in [7, 11) is 0. The first-order valence-electron chi connectivity index (χ1n) is 14.0. The SMILES string of the molecule is Nc1nc(Nc2ccc(N3CCC(N4CCCC4)CC3)c(F)c2)nn1C1=NNC2=c3cc(F)ccc3=CC=CC2=C1. The van der Waals surface area contributed by atoms with E-state index in [2.05, 4.69) is 35.7 Å².